The van der Waals surface area contributed by atoms with Crippen LogP contribution in [0.25, 0.3) is 0 Å². The van der Waals surface area contributed by atoms with Crippen molar-refractivity contribution in [1.82, 2.24) is 4.90 Å². The molecule has 1 heterocycles. The minimum atomic E-state index is 0. The number of morpholine rings is 1. The predicted molar refractivity (Wildman–Crippen MR) is 42.2 cm³/mol. The predicted octanol–water partition coefficient (Wildman–Crippen LogP) is -2.17. The van der Waals surface area contributed by atoms with E-state index in [4.69, 9.17) is 4.74 Å². The first-order chi connectivity index (χ1) is 4.43. The van der Waals surface area contributed by atoms with Gasteiger partial charge in [0.15, 0.2) is 0 Å². The van der Waals surface area contributed by atoms with E-state index in [0.717, 1.165) is 38.2 Å². The van der Waals surface area contributed by atoms with Gasteiger partial charge in [0.05, 0.1) is 13.2 Å². The largest absolute Gasteiger partial charge is 1.00 e. The Hall–Kier alpha value is 0.690. The van der Waals surface area contributed by atoms with E-state index in [9.17, 15) is 0 Å². The maximum Gasteiger partial charge on any atom is 1.00 e. The lowest BCUT2D eigenvalue weighted by Crippen LogP contribution is -3.00. The number of ether oxygens (including phenoxy) is 1. The van der Waals surface area contributed by atoms with E-state index in [0.29, 0.717) is 0 Å². The normalized spacial score (nSPS) is 20.1. The fourth-order valence-electron chi connectivity index (χ4n) is 0.944. The zero-order valence-corrected chi connectivity index (χ0v) is 8.20. The summed E-state index contributed by atoms with van der Waals surface area (Å²) in [4.78, 5) is 2.40. The minimum Gasteiger partial charge on any atom is -1.00 e. The number of nitrogens with zero attached hydrogens (tertiary/aromatic N) is 1. The monoisotopic (exact) mass is 229 g/mol. The topological polar surface area (TPSA) is 12.5 Å². The highest BCUT2D eigenvalue weighted by atomic mass is 79.9. The van der Waals surface area contributed by atoms with Crippen molar-refractivity contribution in [2.45, 2.75) is 0 Å². The molecule has 1 fully saturated rings. The van der Waals surface area contributed by atoms with Crippen molar-refractivity contribution in [3.05, 3.63) is 0 Å². The molecule has 0 radical (unpaired) electrons. The van der Waals surface area contributed by atoms with Crippen LogP contribution in [0.4, 0.5) is 0 Å². The van der Waals surface area contributed by atoms with E-state index < -0.39 is 0 Å². The SMILES string of the molecule is BrCCN1CCOCC1.[Cl-].[H+]. The second-order valence-corrected chi connectivity index (χ2v) is 2.94. The van der Waals surface area contributed by atoms with Crippen LogP contribution >= 0.6 is 15.9 Å². The van der Waals surface area contributed by atoms with Gasteiger partial charge in [-0.2, -0.15) is 0 Å². The van der Waals surface area contributed by atoms with Crippen LogP contribution in [0.1, 0.15) is 1.43 Å². The van der Waals surface area contributed by atoms with E-state index >= 15 is 0 Å². The molecule has 2 nitrogen and oxygen atoms in total. The molecule has 62 valence electrons. The van der Waals surface area contributed by atoms with Crippen LogP contribution in [0.3, 0.4) is 0 Å². The second-order valence-electron chi connectivity index (χ2n) is 2.14. The second kappa shape index (κ2) is 6.40. The van der Waals surface area contributed by atoms with E-state index in [1.807, 2.05) is 0 Å². The number of halogens is 2. The van der Waals surface area contributed by atoms with Crippen LogP contribution in [0.2, 0.25) is 0 Å². The van der Waals surface area contributed by atoms with Crippen molar-refractivity contribution >= 4 is 15.9 Å². The molecule has 0 saturated carbocycles. The van der Waals surface area contributed by atoms with Crippen LogP contribution in [0.15, 0.2) is 0 Å². The third kappa shape index (κ3) is 3.76. The molecule has 0 N–H and O–H groups in total. The molecule has 10 heavy (non-hydrogen) atoms. The van der Waals surface area contributed by atoms with Crippen LogP contribution in [-0.2, 0) is 4.74 Å². The fourth-order valence-corrected chi connectivity index (χ4v) is 1.45. The van der Waals surface area contributed by atoms with Gasteiger partial charge in [0.25, 0.3) is 0 Å². The van der Waals surface area contributed by atoms with E-state index in [2.05, 4.69) is 20.8 Å². The van der Waals surface area contributed by atoms with Crippen molar-refractivity contribution < 1.29 is 18.6 Å². The highest BCUT2D eigenvalue weighted by Gasteiger charge is 2.07. The van der Waals surface area contributed by atoms with Gasteiger partial charge in [-0.15, -0.1) is 0 Å². The first-order valence-corrected chi connectivity index (χ1v) is 4.41. The molecule has 1 saturated heterocycles. The van der Waals surface area contributed by atoms with Gasteiger partial charge < -0.3 is 17.1 Å². The fraction of sp³-hybridized carbons (Fsp3) is 1.00. The maximum atomic E-state index is 5.19. The van der Waals surface area contributed by atoms with Crippen molar-refractivity contribution in [2.24, 2.45) is 0 Å². The molecule has 0 bridgehead atoms. The summed E-state index contributed by atoms with van der Waals surface area (Å²) in [6, 6.07) is 0. The van der Waals surface area contributed by atoms with Crippen LogP contribution in [0.5, 0.6) is 0 Å². The highest BCUT2D eigenvalue weighted by molar-refractivity contribution is 9.09. The summed E-state index contributed by atoms with van der Waals surface area (Å²) in [5.41, 5.74) is 0. The zero-order valence-electron chi connectivity index (χ0n) is 6.85. The lowest BCUT2D eigenvalue weighted by molar-refractivity contribution is -0.00000322. The van der Waals surface area contributed by atoms with Crippen molar-refractivity contribution in [3.8, 4) is 0 Å². The van der Waals surface area contributed by atoms with Gasteiger partial charge in [-0.05, 0) is 0 Å². The number of hydrogen-bond acceptors (Lipinski definition) is 2. The Morgan fingerprint density at radius 2 is 2.00 bits per heavy atom. The van der Waals surface area contributed by atoms with Gasteiger partial charge >= 0.3 is 1.43 Å². The van der Waals surface area contributed by atoms with Gasteiger partial charge in [-0.3, -0.25) is 4.90 Å². The lowest BCUT2D eigenvalue weighted by Gasteiger charge is -2.25. The van der Waals surface area contributed by atoms with Crippen molar-refractivity contribution in [1.29, 1.82) is 0 Å². The molecule has 0 aromatic heterocycles. The molecule has 0 aromatic rings. The first kappa shape index (κ1) is 10.7. The van der Waals surface area contributed by atoms with Crippen LogP contribution in [-0.4, -0.2) is 43.1 Å². The first-order valence-electron chi connectivity index (χ1n) is 3.29. The van der Waals surface area contributed by atoms with Crippen LogP contribution in [0, 0.1) is 0 Å². The molecule has 1 aliphatic rings. The molecule has 0 aromatic carbocycles. The highest BCUT2D eigenvalue weighted by Crippen LogP contribution is 1.96. The number of alkyl halides is 1. The van der Waals surface area contributed by atoms with E-state index in [1.54, 1.807) is 0 Å². The minimum absolute atomic E-state index is 0. The van der Waals surface area contributed by atoms with Crippen molar-refractivity contribution in [3.63, 3.8) is 0 Å². The summed E-state index contributed by atoms with van der Waals surface area (Å²) in [5, 5.41) is 1.08. The van der Waals surface area contributed by atoms with Gasteiger partial charge in [-0.1, -0.05) is 15.9 Å². The molecule has 0 unspecified atom stereocenters. The quantitative estimate of drug-likeness (QED) is 0.501. The lowest BCUT2D eigenvalue weighted by atomic mass is 10.4. The Kier molecular flexibility index (Phi) is 6.85. The van der Waals surface area contributed by atoms with Gasteiger partial charge in [-0.25, -0.2) is 0 Å². The number of rotatable bonds is 2. The average Bonchev–Trinajstić information content (AvgIpc) is 1.91. The summed E-state index contributed by atoms with van der Waals surface area (Å²) in [6.45, 7) is 5.18. The molecule has 1 aliphatic heterocycles. The molecule has 1 rings (SSSR count). The Morgan fingerprint density at radius 3 is 2.50 bits per heavy atom. The van der Waals surface area contributed by atoms with Gasteiger partial charge in [0.1, 0.15) is 0 Å². The summed E-state index contributed by atoms with van der Waals surface area (Å²) in [6.07, 6.45) is 0. The molecule has 0 spiro atoms. The van der Waals surface area contributed by atoms with Crippen LogP contribution < -0.4 is 12.4 Å². The van der Waals surface area contributed by atoms with Gasteiger partial charge in [0, 0.05) is 25.0 Å². The van der Waals surface area contributed by atoms with E-state index in [-0.39, 0.29) is 13.8 Å². The average molecular weight is 231 g/mol. The van der Waals surface area contributed by atoms with E-state index in [1.165, 1.54) is 0 Å². The molecular weight excluding hydrogens is 217 g/mol. The third-order valence-corrected chi connectivity index (χ3v) is 1.86. The maximum absolute atomic E-state index is 5.19. The van der Waals surface area contributed by atoms with Gasteiger partial charge in [0.2, 0.25) is 0 Å². The van der Waals surface area contributed by atoms with Crippen molar-refractivity contribution in [2.75, 3.05) is 38.2 Å². The summed E-state index contributed by atoms with van der Waals surface area (Å²) in [7, 11) is 0. The third-order valence-electron chi connectivity index (χ3n) is 1.50. The summed E-state index contributed by atoms with van der Waals surface area (Å²) < 4.78 is 5.19. The summed E-state index contributed by atoms with van der Waals surface area (Å²) >= 11 is 3.40. The Morgan fingerprint density at radius 1 is 1.40 bits per heavy atom. The Balaban J connectivity index is 0. The molecule has 0 amide bonds. The Labute approximate surface area is 77.9 Å². The molecule has 0 atom stereocenters. The molecular formula is C6H13BrClNO. The number of hydrogen-bond donors (Lipinski definition) is 0. The molecule has 4 heteroatoms. The molecule has 0 aliphatic carbocycles. The standard InChI is InChI=1S/C6H12BrNO.ClH/c7-1-2-8-3-5-9-6-4-8;/h1-6H2;1H. The summed E-state index contributed by atoms with van der Waals surface area (Å²) in [5.74, 6) is 0. The Bertz CT molecular complexity index is 80.2. The smallest absolute Gasteiger partial charge is 1.00 e. The zero-order chi connectivity index (χ0) is 6.53.